The largest absolute Gasteiger partial charge is 0.352 e. The Morgan fingerprint density at radius 3 is 2.70 bits per heavy atom. The Balaban J connectivity index is 1.53. The van der Waals surface area contributed by atoms with Crippen molar-refractivity contribution in [3.8, 4) is 0 Å². The first-order valence-corrected chi connectivity index (χ1v) is 11.3. The lowest BCUT2D eigenvalue weighted by molar-refractivity contribution is -0.121. The van der Waals surface area contributed by atoms with Gasteiger partial charge in [0.15, 0.2) is 4.34 Å². The molecule has 1 aromatic heterocycles. The zero-order chi connectivity index (χ0) is 19.4. The molecule has 0 radical (unpaired) electrons. The van der Waals surface area contributed by atoms with Gasteiger partial charge in [0.2, 0.25) is 11.0 Å². The van der Waals surface area contributed by atoms with Crippen LogP contribution in [-0.2, 0) is 4.79 Å². The molecule has 1 amide bonds. The van der Waals surface area contributed by atoms with E-state index < -0.39 is 0 Å². The molecule has 2 aromatic rings. The Morgan fingerprint density at radius 1 is 1.22 bits per heavy atom. The molecular weight excluding hydrogens is 376 g/mol. The van der Waals surface area contributed by atoms with Gasteiger partial charge in [0.05, 0.1) is 5.25 Å². The minimum Gasteiger partial charge on any atom is -0.352 e. The predicted molar refractivity (Wildman–Crippen MR) is 114 cm³/mol. The van der Waals surface area contributed by atoms with Crippen molar-refractivity contribution in [3.63, 3.8) is 0 Å². The van der Waals surface area contributed by atoms with Crippen LogP contribution in [0.15, 0.2) is 28.6 Å². The van der Waals surface area contributed by atoms with Crippen LogP contribution in [0.5, 0.6) is 0 Å². The maximum absolute atomic E-state index is 12.6. The van der Waals surface area contributed by atoms with E-state index in [2.05, 4.69) is 53.7 Å². The van der Waals surface area contributed by atoms with E-state index in [9.17, 15) is 4.79 Å². The van der Waals surface area contributed by atoms with E-state index in [1.54, 1.807) is 0 Å². The Morgan fingerprint density at radius 2 is 1.96 bits per heavy atom. The lowest BCUT2D eigenvalue weighted by Crippen LogP contribution is -2.46. The third-order valence-corrected chi connectivity index (χ3v) is 7.41. The van der Waals surface area contributed by atoms with Crippen molar-refractivity contribution >= 4 is 39.8 Å². The van der Waals surface area contributed by atoms with Crippen molar-refractivity contribution in [3.05, 3.63) is 29.8 Å². The van der Waals surface area contributed by atoms with Crippen molar-refractivity contribution in [1.82, 2.24) is 15.5 Å². The molecule has 0 spiro atoms. The normalized spacial score (nSPS) is 23.6. The third-order valence-electron chi connectivity index (χ3n) is 5.39. The van der Waals surface area contributed by atoms with Crippen LogP contribution in [0, 0.1) is 18.8 Å². The van der Waals surface area contributed by atoms with Crippen LogP contribution in [0.3, 0.4) is 0 Å². The molecule has 27 heavy (non-hydrogen) atoms. The average molecular weight is 405 g/mol. The molecule has 1 saturated carbocycles. The Kier molecular flexibility index (Phi) is 6.76. The van der Waals surface area contributed by atoms with Gasteiger partial charge in [-0.1, -0.05) is 67.5 Å². The number of carbonyl (C=O) groups is 1. The van der Waals surface area contributed by atoms with Crippen LogP contribution in [0.4, 0.5) is 10.8 Å². The van der Waals surface area contributed by atoms with E-state index in [4.69, 9.17) is 0 Å². The zero-order valence-corrected chi connectivity index (χ0v) is 18.0. The Hall–Kier alpha value is -1.60. The molecule has 146 valence electrons. The van der Waals surface area contributed by atoms with Crippen molar-refractivity contribution < 1.29 is 4.79 Å². The highest BCUT2D eigenvalue weighted by Crippen LogP contribution is 2.32. The van der Waals surface area contributed by atoms with Crippen molar-refractivity contribution in [1.29, 1.82) is 0 Å². The maximum atomic E-state index is 12.6. The number of rotatable bonds is 6. The fraction of sp³-hybridized carbons (Fsp3) is 0.550. The SMILES string of the molecule is Cc1ccc(Nc2nnc(S[C@@H](C)C(=O)N[C@@H]3CCC[C@H](C)[C@@H]3C)s2)cc1. The van der Waals surface area contributed by atoms with Crippen LogP contribution in [0.25, 0.3) is 0 Å². The minimum absolute atomic E-state index is 0.0918. The fourth-order valence-electron chi connectivity index (χ4n) is 3.36. The second-order valence-corrected chi connectivity index (χ2v) is 10.1. The second kappa shape index (κ2) is 9.06. The number of hydrogen-bond acceptors (Lipinski definition) is 6. The monoisotopic (exact) mass is 404 g/mol. The standard InChI is InChI=1S/C20H28N4OS2/c1-12-8-10-16(11-9-12)21-19-23-24-20(27-19)26-15(4)18(25)22-17-7-5-6-13(2)14(17)3/h8-11,13-15,17H,5-7H2,1-4H3,(H,21,23)(H,22,25)/t13-,14-,15-,17+/m0/s1. The van der Waals surface area contributed by atoms with Crippen molar-refractivity contribution in [2.24, 2.45) is 11.8 Å². The molecule has 0 bridgehead atoms. The number of benzene rings is 1. The molecule has 2 N–H and O–H groups in total. The van der Waals surface area contributed by atoms with Gasteiger partial charge < -0.3 is 10.6 Å². The molecule has 3 rings (SSSR count). The summed E-state index contributed by atoms with van der Waals surface area (Å²) in [5.74, 6) is 1.30. The van der Waals surface area contributed by atoms with Gasteiger partial charge in [-0.25, -0.2) is 0 Å². The number of thioether (sulfide) groups is 1. The number of nitrogens with one attached hydrogen (secondary N) is 2. The highest BCUT2D eigenvalue weighted by atomic mass is 32.2. The van der Waals surface area contributed by atoms with Crippen LogP contribution in [-0.4, -0.2) is 27.4 Å². The highest BCUT2D eigenvalue weighted by Gasteiger charge is 2.29. The molecule has 1 aliphatic carbocycles. The number of aryl methyl sites for hydroxylation is 1. The van der Waals surface area contributed by atoms with Gasteiger partial charge >= 0.3 is 0 Å². The van der Waals surface area contributed by atoms with Crippen LogP contribution < -0.4 is 10.6 Å². The van der Waals surface area contributed by atoms with Crippen molar-refractivity contribution in [2.75, 3.05) is 5.32 Å². The summed E-state index contributed by atoms with van der Waals surface area (Å²) in [6.07, 6.45) is 3.54. The molecule has 4 atom stereocenters. The molecule has 0 aliphatic heterocycles. The van der Waals surface area contributed by atoms with E-state index >= 15 is 0 Å². The number of amides is 1. The summed E-state index contributed by atoms with van der Waals surface area (Å²) in [5, 5.41) is 15.5. The third kappa shape index (κ3) is 5.45. The average Bonchev–Trinajstić information content (AvgIpc) is 3.07. The fourth-order valence-corrected chi connectivity index (χ4v) is 5.28. The zero-order valence-electron chi connectivity index (χ0n) is 16.4. The topological polar surface area (TPSA) is 66.9 Å². The van der Waals surface area contributed by atoms with E-state index in [0.717, 1.165) is 21.6 Å². The number of carbonyl (C=O) groups excluding carboxylic acids is 1. The van der Waals surface area contributed by atoms with Gasteiger partial charge in [-0.15, -0.1) is 10.2 Å². The minimum atomic E-state index is -0.186. The number of nitrogens with zero attached hydrogens (tertiary/aromatic N) is 2. The quantitative estimate of drug-likeness (QED) is 0.662. The first kappa shape index (κ1) is 20.1. The Bertz CT molecular complexity index is 762. The first-order valence-electron chi connectivity index (χ1n) is 9.56. The molecule has 0 unspecified atom stereocenters. The number of anilines is 2. The summed E-state index contributed by atoms with van der Waals surface area (Å²) >= 11 is 2.94. The summed E-state index contributed by atoms with van der Waals surface area (Å²) in [4.78, 5) is 12.6. The molecule has 1 fully saturated rings. The first-order chi connectivity index (χ1) is 12.9. The summed E-state index contributed by atoms with van der Waals surface area (Å²) in [6, 6.07) is 8.44. The molecule has 1 aliphatic rings. The lowest BCUT2D eigenvalue weighted by Gasteiger charge is -2.35. The van der Waals surface area contributed by atoms with Crippen LogP contribution >= 0.6 is 23.1 Å². The van der Waals surface area contributed by atoms with Gasteiger partial charge in [-0.05, 0) is 44.2 Å². The lowest BCUT2D eigenvalue weighted by atomic mass is 9.78. The van der Waals surface area contributed by atoms with Crippen LogP contribution in [0.2, 0.25) is 0 Å². The summed E-state index contributed by atoms with van der Waals surface area (Å²) in [7, 11) is 0. The molecular formula is C20H28N4OS2. The number of aromatic nitrogens is 2. The predicted octanol–water partition coefficient (Wildman–Crippen LogP) is 5.01. The molecule has 1 aromatic carbocycles. The van der Waals surface area contributed by atoms with E-state index in [0.29, 0.717) is 11.8 Å². The van der Waals surface area contributed by atoms with Crippen molar-refractivity contribution in [2.45, 2.75) is 62.6 Å². The van der Waals surface area contributed by atoms with Gasteiger partial charge in [0.1, 0.15) is 0 Å². The molecule has 7 heteroatoms. The Labute approximate surface area is 169 Å². The summed E-state index contributed by atoms with van der Waals surface area (Å²) in [5.41, 5.74) is 2.20. The van der Waals surface area contributed by atoms with Gasteiger partial charge in [-0.3, -0.25) is 4.79 Å². The number of hydrogen-bond donors (Lipinski definition) is 2. The second-order valence-electron chi connectivity index (χ2n) is 7.51. The summed E-state index contributed by atoms with van der Waals surface area (Å²) < 4.78 is 0.803. The highest BCUT2D eigenvalue weighted by molar-refractivity contribution is 8.02. The maximum Gasteiger partial charge on any atom is 0.233 e. The van der Waals surface area contributed by atoms with Gasteiger partial charge in [0, 0.05) is 11.7 Å². The van der Waals surface area contributed by atoms with Crippen LogP contribution in [0.1, 0.15) is 45.6 Å². The molecule has 1 heterocycles. The summed E-state index contributed by atoms with van der Waals surface area (Å²) in [6.45, 7) is 8.53. The molecule has 0 saturated heterocycles. The van der Waals surface area contributed by atoms with Gasteiger partial charge in [0.25, 0.3) is 0 Å². The smallest absolute Gasteiger partial charge is 0.233 e. The van der Waals surface area contributed by atoms with Gasteiger partial charge in [-0.2, -0.15) is 0 Å². The van der Waals surface area contributed by atoms with E-state index in [-0.39, 0.29) is 17.2 Å². The molecule has 5 nitrogen and oxygen atoms in total. The van der Waals surface area contributed by atoms with E-state index in [1.165, 1.54) is 41.5 Å². The van der Waals surface area contributed by atoms with E-state index in [1.807, 2.05) is 19.1 Å².